The van der Waals surface area contributed by atoms with E-state index in [2.05, 4.69) is 24.2 Å². The molecule has 1 saturated carbocycles. The molecule has 0 unspecified atom stereocenters. The van der Waals surface area contributed by atoms with Gasteiger partial charge in [0.1, 0.15) is 5.00 Å². The normalized spacial score (nSPS) is 22.5. The number of ether oxygens (including phenoxy) is 1. The average Bonchev–Trinajstić information content (AvgIpc) is 3.03. The first kappa shape index (κ1) is 21.3. The number of fused-ring (bicyclic) bond motifs is 1. The second kappa shape index (κ2) is 9.88. The quantitative estimate of drug-likeness (QED) is 0.658. The van der Waals surface area contributed by atoms with Crippen LogP contribution in [0.5, 0.6) is 0 Å². The molecule has 0 spiro atoms. The standard InChI is InChI=1S/C22H34N2O3S/c1-4-6-7-15-8-10-16(11-9-15)20(25)23-21-19(22(26)27-5-2)17-12-13-24(3)14-18(17)28-21/h15-16H,4-14H2,1-3H3,(H,23,25). The molecule has 1 fully saturated rings. The number of esters is 1. The topological polar surface area (TPSA) is 58.6 Å². The number of thiophene rings is 1. The molecule has 156 valence electrons. The fraction of sp³-hybridized carbons (Fsp3) is 0.727. The number of carbonyl (C=O) groups is 2. The number of hydrogen-bond acceptors (Lipinski definition) is 5. The van der Waals surface area contributed by atoms with Gasteiger partial charge in [-0.05, 0) is 57.6 Å². The molecule has 3 rings (SSSR count). The molecular formula is C22H34N2O3S. The van der Waals surface area contributed by atoms with Crippen LogP contribution in [-0.4, -0.2) is 37.0 Å². The van der Waals surface area contributed by atoms with Gasteiger partial charge in [0.2, 0.25) is 5.91 Å². The molecule has 2 heterocycles. The van der Waals surface area contributed by atoms with Crippen molar-refractivity contribution in [2.45, 2.75) is 71.8 Å². The van der Waals surface area contributed by atoms with Gasteiger partial charge in [0, 0.05) is 23.9 Å². The summed E-state index contributed by atoms with van der Waals surface area (Å²) in [5.74, 6) is 0.618. The summed E-state index contributed by atoms with van der Waals surface area (Å²) in [6.07, 6.45) is 8.88. The number of anilines is 1. The Bertz CT molecular complexity index is 692. The molecule has 0 saturated heterocycles. The van der Waals surface area contributed by atoms with Crippen LogP contribution in [-0.2, 0) is 22.5 Å². The van der Waals surface area contributed by atoms with Gasteiger partial charge in [-0.15, -0.1) is 11.3 Å². The summed E-state index contributed by atoms with van der Waals surface area (Å²) >= 11 is 1.55. The van der Waals surface area contributed by atoms with Gasteiger partial charge in [0.05, 0.1) is 12.2 Å². The zero-order valence-electron chi connectivity index (χ0n) is 17.5. The predicted octanol–water partition coefficient (Wildman–Crippen LogP) is 4.85. The van der Waals surface area contributed by atoms with Gasteiger partial charge in [-0.2, -0.15) is 0 Å². The Hall–Kier alpha value is -1.40. The van der Waals surface area contributed by atoms with Crippen LogP contribution >= 0.6 is 11.3 Å². The first-order valence-electron chi connectivity index (χ1n) is 10.8. The van der Waals surface area contributed by atoms with Crippen LogP contribution in [0.3, 0.4) is 0 Å². The first-order chi connectivity index (χ1) is 13.5. The molecule has 1 N–H and O–H groups in total. The van der Waals surface area contributed by atoms with Crippen LogP contribution in [0.2, 0.25) is 0 Å². The van der Waals surface area contributed by atoms with Gasteiger partial charge in [0.15, 0.2) is 0 Å². The van der Waals surface area contributed by atoms with Gasteiger partial charge in [0.25, 0.3) is 0 Å². The molecule has 2 aliphatic rings. The lowest BCUT2D eigenvalue weighted by Gasteiger charge is -2.27. The van der Waals surface area contributed by atoms with Gasteiger partial charge in [-0.25, -0.2) is 4.79 Å². The van der Waals surface area contributed by atoms with Crippen LogP contribution in [0.4, 0.5) is 5.00 Å². The molecule has 1 aliphatic heterocycles. The van der Waals surface area contributed by atoms with Crippen LogP contribution in [0.25, 0.3) is 0 Å². The number of rotatable bonds is 7. The number of nitrogens with zero attached hydrogens (tertiary/aromatic N) is 1. The highest BCUT2D eigenvalue weighted by molar-refractivity contribution is 7.17. The van der Waals surface area contributed by atoms with Crippen LogP contribution in [0.1, 0.15) is 79.6 Å². The van der Waals surface area contributed by atoms with Gasteiger partial charge >= 0.3 is 5.97 Å². The van der Waals surface area contributed by atoms with E-state index in [0.717, 1.165) is 56.7 Å². The smallest absolute Gasteiger partial charge is 0.341 e. The largest absolute Gasteiger partial charge is 0.462 e. The summed E-state index contributed by atoms with van der Waals surface area (Å²) < 4.78 is 5.30. The van der Waals surface area contributed by atoms with Crippen molar-refractivity contribution < 1.29 is 14.3 Å². The lowest BCUT2D eigenvalue weighted by Crippen LogP contribution is -2.28. The zero-order chi connectivity index (χ0) is 20.1. The third-order valence-electron chi connectivity index (χ3n) is 6.15. The molecular weight excluding hydrogens is 372 g/mol. The van der Waals surface area contributed by atoms with Crippen LogP contribution < -0.4 is 5.32 Å². The number of unbranched alkanes of at least 4 members (excludes halogenated alkanes) is 1. The minimum absolute atomic E-state index is 0.0646. The number of carbonyl (C=O) groups excluding carboxylic acids is 2. The second-order valence-corrected chi connectivity index (χ2v) is 9.37. The van der Waals surface area contributed by atoms with E-state index in [1.807, 2.05) is 6.92 Å². The highest BCUT2D eigenvalue weighted by Crippen LogP contribution is 2.39. The van der Waals surface area contributed by atoms with Crippen LogP contribution in [0.15, 0.2) is 0 Å². The Morgan fingerprint density at radius 1 is 1.21 bits per heavy atom. The molecule has 0 radical (unpaired) electrons. The number of likely N-dealkylation sites (N-methyl/N-ethyl adjacent to an activating group) is 1. The monoisotopic (exact) mass is 406 g/mol. The summed E-state index contributed by atoms with van der Waals surface area (Å²) in [5, 5.41) is 3.80. The molecule has 1 aromatic heterocycles. The highest BCUT2D eigenvalue weighted by atomic mass is 32.1. The zero-order valence-corrected chi connectivity index (χ0v) is 18.3. The SMILES string of the molecule is CCCCC1CCC(C(=O)Nc2sc3c(c2C(=O)OCC)CCN(C)C3)CC1. The van der Waals surface area contributed by atoms with Gasteiger partial charge in [-0.3, -0.25) is 4.79 Å². The van der Waals surface area contributed by atoms with Crippen molar-refractivity contribution in [3.63, 3.8) is 0 Å². The van der Waals surface area contributed by atoms with Crippen molar-refractivity contribution in [1.29, 1.82) is 0 Å². The predicted molar refractivity (Wildman–Crippen MR) is 114 cm³/mol. The third-order valence-corrected chi connectivity index (χ3v) is 7.28. The van der Waals surface area contributed by atoms with E-state index < -0.39 is 0 Å². The number of amides is 1. The summed E-state index contributed by atoms with van der Waals surface area (Å²) in [6, 6.07) is 0. The van der Waals surface area contributed by atoms with Crippen molar-refractivity contribution in [3.05, 3.63) is 16.0 Å². The fourth-order valence-electron chi connectivity index (χ4n) is 4.46. The Morgan fingerprint density at radius 2 is 1.96 bits per heavy atom. The first-order valence-corrected chi connectivity index (χ1v) is 11.7. The van der Waals surface area contributed by atoms with Crippen LogP contribution in [0, 0.1) is 11.8 Å². The van der Waals surface area contributed by atoms with E-state index in [0.29, 0.717) is 17.2 Å². The molecule has 1 aromatic rings. The fourth-order valence-corrected chi connectivity index (χ4v) is 5.78. The molecule has 5 nitrogen and oxygen atoms in total. The summed E-state index contributed by atoms with van der Waals surface area (Å²) in [7, 11) is 2.09. The maximum Gasteiger partial charge on any atom is 0.341 e. The highest BCUT2D eigenvalue weighted by Gasteiger charge is 2.31. The van der Waals surface area contributed by atoms with Crippen molar-refractivity contribution in [3.8, 4) is 0 Å². The lowest BCUT2D eigenvalue weighted by molar-refractivity contribution is -0.121. The van der Waals surface area contributed by atoms with Crippen molar-refractivity contribution >= 4 is 28.2 Å². The Morgan fingerprint density at radius 3 is 2.64 bits per heavy atom. The van der Waals surface area contributed by atoms with E-state index in [-0.39, 0.29) is 17.8 Å². The summed E-state index contributed by atoms with van der Waals surface area (Å²) in [4.78, 5) is 29.0. The minimum atomic E-state index is -0.303. The van der Waals surface area contributed by atoms with Crippen molar-refractivity contribution in [2.75, 3.05) is 25.5 Å². The molecule has 0 bridgehead atoms. The van der Waals surface area contributed by atoms with E-state index in [1.54, 1.807) is 11.3 Å². The number of nitrogens with one attached hydrogen (secondary N) is 1. The Balaban J connectivity index is 1.69. The van der Waals surface area contributed by atoms with Crippen molar-refractivity contribution in [1.82, 2.24) is 4.90 Å². The molecule has 6 heteroatoms. The van der Waals surface area contributed by atoms with E-state index >= 15 is 0 Å². The van der Waals surface area contributed by atoms with E-state index in [4.69, 9.17) is 4.74 Å². The summed E-state index contributed by atoms with van der Waals surface area (Å²) in [5.41, 5.74) is 1.67. The molecule has 1 aliphatic carbocycles. The molecule has 1 amide bonds. The minimum Gasteiger partial charge on any atom is -0.462 e. The maximum atomic E-state index is 12.9. The molecule has 0 atom stereocenters. The van der Waals surface area contributed by atoms with Crippen molar-refractivity contribution in [2.24, 2.45) is 11.8 Å². The summed E-state index contributed by atoms with van der Waals surface area (Å²) in [6.45, 7) is 6.15. The second-order valence-electron chi connectivity index (χ2n) is 8.27. The Kier molecular flexibility index (Phi) is 7.52. The molecule has 28 heavy (non-hydrogen) atoms. The van der Waals surface area contributed by atoms with Gasteiger partial charge < -0.3 is 15.0 Å². The third kappa shape index (κ3) is 4.95. The lowest BCUT2D eigenvalue weighted by atomic mass is 9.79. The van der Waals surface area contributed by atoms with Gasteiger partial charge in [-0.1, -0.05) is 26.2 Å². The number of hydrogen-bond donors (Lipinski definition) is 1. The van der Waals surface area contributed by atoms with E-state index in [1.165, 1.54) is 24.1 Å². The average molecular weight is 407 g/mol. The van der Waals surface area contributed by atoms with E-state index in [9.17, 15) is 9.59 Å². The maximum absolute atomic E-state index is 12.9. The Labute approximate surface area is 172 Å². The molecule has 0 aromatic carbocycles.